The molecule has 1 heterocycles. The lowest BCUT2D eigenvalue weighted by atomic mass is 9.81. The molecule has 1 aliphatic rings. The molecule has 1 aliphatic heterocycles. The molecule has 0 aliphatic carbocycles. The molecule has 0 radical (unpaired) electrons. The molecule has 0 aromatic heterocycles. The number of thioether (sulfide) groups is 1. The van der Waals surface area contributed by atoms with Crippen LogP contribution in [-0.2, 0) is 9.78 Å². The monoisotopic (exact) mass is 530 g/mol. The Morgan fingerprint density at radius 2 is 1.44 bits per heavy atom. The van der Waals surface area contributed by atoms with Crippen molar-refractivity contribution in [3.8, 4) is 0 Å². The highest BCUT2D eigenvalue weighted by atomic mass is 32.2. The van der Waals surface area contributed by atoms with Gasteiger partial charge in [-0.2, -0.15) is 0 Å². The number of nitrogens with one attached hydrogen (secondary N) is 1. The number of rotatable bonds is 12. The van der Waals surface area contributed by atoms with Crippen molar-refractivity contribution in [1.29, 1.82) is 0 Å². The van der Waals surface area contributed by atoms with Crippen molar-refractivity contribution >= 4 is 23.7 Å². The summed E-state index contributed by atoms with van der Waals surface area (Å²) >= 11 is 3.68. The van der Waals surface area contributed by atoms with Crippen LogP contribution in [0.3, 0.4) is 0 Å². The molecule has 0 amide bonds. The predicted octanol–water partition coefficient (Wildman–Crippen LogP) is 7.99. The van der Waals surface area contributed by atoms with E-state index >= 15 is 0 Å². The van der Waals surface area contributed by atoms with Crippen LogP contribution >= 0.6 is 23.7 Å². The van der Waals surface area contributed by atoms with Crippen molar-refractivity contribution in [3.05, 3.63) is 60.7 Å². The molecule has 0 saturated carbocycles. The second kappa shape index (κ2) is 12.7. The lowest BCUT2D eigenvalue weighted by molar-refractivity contribution is -0.360. The first kappa shape index (κ1) is 29.5. The van der Waals surface area contributed by atoms with E-state index in [1.165, 1.54) is 9.79 Å². The highest BCUT2D eigenvalue weighted by Gasteiger charge is 2.47. The summed E-state index contributed by atoms with van der Waals surface area (Å²) in [6.07, 6.45) is 2.75. The molecule has 4 nitrogen and oxygen atoms in total. The Morgan fingerprint density at radius 3 is 1.97 bits per heavy atom. The summed E-state index contributed by atoms with van der Waals surface area (Å²) < 4.78 is 2.55. The SMILES string of the molecule is CC(C)NC(C)(C)CC(CSc1ccccc1)OOC1CC(C)(C)N(Sc2ccccc2)C(C)(C)C1. The molecule has 1 fully saturated rings. The second-order valence-electron chi connectivity index (χ2n) is 12.2. The van der Waals surface area contributed by atoms with Crippen LogP contribution in [0.25, 0.3) is 0 Å². The van der Waals surface area contributed by atoms with Crippen LogP contribution in [-0.4, -0.2) is 44.9 Å². The maximum Gasteiger partial charge on any atom is 0.104 e. The lowest BCUT2D eigenvalue weighted by Gasteiger charge is -2.53. The quantitative estimate of drug-likeness (QED) is 0.130. The topological polar surface area (TPSA) is 33.7 Å². The van der Waals surface area contributed by atoms with Gasteiger partial charge in [0.05, 0.1) is 6.10 Å². The van der Waals surface area contributed by atoms with E-state index in [1.54, 1.807) is 0 Å². The maximum atomic E-state index is 6.28. The van der Waals surface area contributed by atoms with Gasteiger partial charge in [-0.3, -0.25) is 0 Å². The van der Waals surface area contributed by atoms with Crippen molar-refractivity contribution in [1.82, 2.24) is 9.62 Å². The molecular formula is C30H46N2O2S2. The van der Waals surface area contributed by atoms with Crippen molar-refractivity contribution in [2.75, 3.05) is 5.75 Å². The van der Waals surface area contributed by atoms with E-state index in [2.05, 4.69) is 126 Å². The highest BCUT2D eigenvalue weighted by Crippen LogP contribution is 2.46. The molecule has 2 aromatic rings. The third kappa shape index (κ3) is 9.07. The van der Waals surface area contributed by atoms with Gasteiger partial charge in [-0.25, -0.2) is 14.1 Å². The van der Waals surface area contributed by atoms with Gasteiger partial charge in [-0.05, 0) is 97.0 Å². The third-order valence-corrected chi connectivity index (χ3v) is 9.22. The summed E-state index contributed by atoms with van der Waals surface area (Å²) in [6, 6.07) is 21.6. The van der Waals surface area contributed by atoms with Gasteiger partial charge >= 0.3 is 0 Å². The van der Waals surface area contributed by atoms with Crippen LogP contribution in [0.5, 0.6) is 0 Å². The van der Waals surface area contributed by atoms with Gasteiger partial charge in [0.1, 0.15) is 6.10 Å². The Kier molecular flexibility index (Phi) is 10.4. The molecule has 1 N–H and O–H groups in total. The third-order valence-electron chi connectivity index (χ3n) is 6.42. The molecular weight excluding hydrogens is 484 g/mol. The van der Waals surface area contributed by atoms with Crippen LogP contribution in [0.2, 0.25) is 0 Å². The number of nitrogens with zero attached hydrogens (tertiary/aromatic N) is 1. The Balaban J connectivity index is 1.65. The Hall–Kier alpha value is -1.02. The van der Waals surface area contributed by atoms with Crippen molar-refractivity contribution in [3.63, 3.8) is 0 Å². The highest BCUT2D eigenvalue weighted by molar-refractivity contribution is 7.99. The number of benzene rings is 2. The first-order valence-electron chi connectivity index (χ1n) is 13.2. The Labute approximate surface area is 228 Å². The van der Waals surface area contributed by atoms with Crippen LogP contribution in [0.15, 0.2) is 70.5 Å². The zero-order valence-corrected chi connectivity index (χ0v) is 25.0. The number of piperidine rings is 1. The number of hydrogen-bond acceptors (Lipinski definition) is 6. The smallest absolute Gasteiger partial charge is 0.104 e. The molecule has 1 atom stereocenters. The summed E-state index contributed by atoms with van der Waals surface area (Å²) in [6.45, 7) is 18.2. The zero-order valence-electron chi connectivity index (χ0n) is 23.4. The van der Waals surface area contributed by atoms with Gasteiger partial charge in [-0.15, -0.1) is 11.8 Å². The van der Waals surface area contributed by atoms with Gasteiger partial charge in [0, 0.05) is 38.2 Å². The first-order valence-corrected chi connectivity index (χ1v) is 14.9. The molecule has 2 aromatic carbocycles. The van der Waals surface area contributed by atoms with Crippen LogP contribution in [0.4, 0.5) is 0 Å². The van der Waals surface area contributed by atoms with E-state index in [-0.39, 0.29) is 28.8 Å². The van der Waals surface area contributed by atoms with Gasteiger partial charge in [-0.1, -0.05) is 50.2 Å². The normalized spacial score (nSPS) is 19.5. The molecule has 6 heteroatoms. The summed E-state index contributed by atoms with van der Waals surface area (Å²) in [5.74, 6) is 0.850. The summed E-state index contributed by atoms with van der Waals surface area (Å²) in [5, 5.41) is 3.69. The minimum Gasteiger partial charge on any atom is -0.309 e. The second-order valence-corrected chi connectivity index (χ2v) is 14.3. The van der Waals surface area contributed by atoms with E-state index < -0.39 is 0 Å². The fraction of sp³-hybridized carbons (Fsp3) is 0.600. The lowest BCUT2D eigenvalue weighted by Crippen LogP contribution is -2.59. The van der Waals surface area contributed by atoms with Crippen LogP contribution in [0.1, 0.15) is 74.7 Å². The predicted molar refractivity (Wildman–Crippen MR) is 155 cm³/mol. The van der Waals surface area contributed by atoms with Gasteiger partial charge in [0.15, 0.2) is 0 Å². The average Bonchev–Trinajstić information content (AvgIpc) is 2.78. The zero-order chi connectivity index (χ0) is 26.4. The van der Waals surface area contributed by atoms with Gasteiger partial charge < -0.3 is 5.32 Å². The molecule has 36 heavy (non-hydrogen) atoms. The van der Waals surface area contributed by atoms with E-state index in [0.29, 0.717) is 6.04 Å². The standard InChI is InChI=1S/C30H46N2O2S2/c1-23(2)31-28(3,4)19-25(22-35-26-15-11-9-12-16-26)34-33-24-20-29(5,6)32(30(7,8)21-24)36-27-17-13-10-14-18-27/h9-18,23-25,31H,19-22H2,1-8H3. The largest absolute Gasteiger partial charge is 0.309 e. The molecule has 0 spiro atoms. The average molecular weight is 531 g/mol. The van der Waals surface area contributed by atoms with Crippen molar-refractivity contribution in [2.45, 2.75) is 119 Å². The fourth-order valence-corrected chi connectivity index (χ4v) is 7.50. The summed E-state index contributed by atoms with van der Waals surface area (Å²) in [5.41, 5.74) is -0.125. The Bertz CT molecular complexity index is 901. The van der Waals surface area contributed by atoms with Gasteiger partial charge in [0.2, 0.25) is 0 Å². The molecule has 0 bridgehead atoms. The fourth-order valence-electron chi connectivity index (χ4n) is 5.47. The van der Waals surface area contributed by atoms with E-state index in [1.807, 2.05) is 23.7 Å². The minimum atomic E-state index is -0.0479. The first-order chi connectivity index (χ1) is 16.9. The molecule has 1 unspecified atom stereocenters. The van der Waals surface area contributed by atoms with Crippen LogP contribution < -0.4 is 5.32 Å². The maximum absolute atomic E-state index is 6.28. The van der Waals surface area contributed by atoms with E-state index in [9.17, 15) is 0 Å². The van der Waals surface area contributed by atoms with Gasteiger partial charge in [0.25, 0.3) is 0 Å². The Morgan fingerprint density at radius 1 is 0.917 bits per heavy atom. The van der Waals surface area contributed by atoms with Crippen molar-refractivity contribution in [2.24, 2.45) is 0 Å². The summed E-state index contributed by atoms with van der Waals surface area (Å²) in [4.78, 5) is 15.1. The molecule has 200 valence electrons. The molecule has 3 rings (SSSR count). The minimum absolute atomic E-state index is 0.0144. The van der Waals surface area contributed by atoms with E-state index in [4.69, 9.17) is 9.78 Å². The van der Waals surface area contributed by atoms with Crippen molar-refractivity contribution < 1.29 is 9.78 Å². The molecule has 1 saturated heterocycles. The summed E-state index contributed by atoms with van der Waals surface area (Å²) in [7, 11) is 0. The van der Waals surface area contributed by atoms with Crippen LogP contribution in [0, 0.1) is 0 Å². The van der Waals surface area contributed by atoms with E-state index in [0.717, 1.165) is 25.0 Å². The number of hydrogen-bond donors (Lipinski definition) is 1.